The quantitative estimate of drug-likeness (QED) is 0.113. The summed E-state index contributed by atoms with van der Waals surface area (Å²) < 4.78 is 52.3. The molecule has 8 aliphatic rings. The van der Waals surface area contributed by atoms with Gasteiger partial charge in [0.2, 0.25) is 0 Å². The summed E-state index contributed by atoms with van der Waals surface area (Å²) in [7, 11) is 3.39. The Morgan fingerprint density at radius 1 is 0.873 bits per heavy atom. The Morgan fingerprint density at radius 2 is 1.60 bits per heavy atom. The molecule has 6 aliphatic heterocycles. The number of aliphatic hydroxyl groups is 2. The van der Waals surface area contributed by atoms with Crippen LogP contribution in [0.3, 0.4) is 0 Å². The van der Waals surface area contributed by atoms with Gasteiger partial charge in [-0.15, -0.1) is 0 Å². The van der Waals surface area contributed by atoms with Crippen molar-refractivity contribution in [1.29, 1.82) is 0 Å². The molecule has 350 valence electrons. The Bertz CT molecular complexity index is 1840. The Balaban J connectivity index is 1.15. The van der Waals surface area contributed by atoms with Gasteiger partial charge in [-0.2, -0.15) is 0 Å². The summed E-state index contributed by atoms with van der Waals surface area (Å²) in [6.07, 6.45) is 18.2. The first-order valence-corrected chi connectivity index (χ1v) is 23.8. The summed E-state index contributed by atoms with van der Waals surface area (Å²) in [5.74, 6) is -2.31. The predicted octanol–water partition coefficient (Wildman–Crippen LogP) is 6.93. The molecule has 13 nitrogen and oxygen atoms in total. The van der Waals surface area contributed by atoms with E-state index in [0.717, 1.165) is 18.4 Å². The molecular formula is C50H73NO12. The topological polar surface area (TPSA) is 164 Å². The van der Waals surface area contributed by atoms with Gasteiger partial charge in [-0.25, -0.2) is 0 Å². The average molecular weight is 880 g/mol. The van der Waals surface area contributed by atoms with Gasteiger partial charge in [0, 0.05) is 57.7 Å². The van der Waals surface area contributed by atoms with Crippen molar-refractivity contribution in [3.63, 3.8) is 0 Å². The van der Waals surface area contributed by atoms with E-state index in [0.29, 0.717) is 49.2 Å². The monoisotopic (exact) mass is 880 g/mol. The van der Waals surface area contributed by atoms with Crippen molar-refractivity contribution in [2.24, 2.45) is 40.7 Å². The van der Waals surface area contributed by atoms with Crippen LogP contribution in [0.1, 0.15) is 106 Å². The lowest BCUT2D eigenvalue weighted by molar-refractivity contribution is -0.301. The average Bonchev–Trinajstić information content (AvgIpc) is 3.60. The highest BCUT2D eigenvalue weighted by Crippen LogP contribution is 2.48. The number of rotatable bonds is 5. The van der Waals surface area contributed by atoms with Crippen molar-refractivity contribution < 1.29 is 58.1 Å². The molecule has 0 radical (unpaired) electrons. The van der Waals surface area contributed by atoms with Crippen LogP contribution >= 0.6 is 0 Å². The molecule has 5 fully saturated rings. The van der Waals surface area contributed by atoms with E-state index < -0.39 is 41.6 Å². The van der Waals surface area contributed by atoms with Gasteiger partial charge in [-0.05, 0) is 76.0 Å². The van der Waals surface area contributed by atoms with Gasteiger partial charge in [0.15, 0.2) is 5.79 Å². The van der Waals surface area contributed by atoms with Crippen molar-refractivity contribution in [2.75, 3.05) is 20.8 Å². The highest BCUT2D eigenvalue weighted by Gasteiger charge is 2.60. The van der Waals surface area contributed by atoms with E-state index in [4.69, 9.17) is 37.9 Å². The van der Waals surface area contributed by atoms with Crippen LogP contribution in [-0.4, -0.2) is 126 Å². The molecular weight excluding hydrogens is 807 g/mol. The maximum Gasteiger partial charge on any atom is 0.316 e. The van der Waals surface area contributed by atoms with Crippen LogP contribution in [0, 0.1) is 35.5 Å². The molecule has 2 unspecified atom stereocenters. The van der Waals surface area contributed by atoms with Crippen molar-refractivity contribution in [1.82, 2.24) is 0 Å². The minimum Gasteiger partial charge on any atom is -0.462 e. The van der Waals surface area contributed by atoms with Crippen LogP contribution < -0.4 is 0 Å². The number of methoxy groups -OCH3 is 2. The molecule has 4 saturated heterocycles. The largest absolute Gasteiger partial charge is 0.462 e. The molecule has 2 aliphatic carbocycles. The Morgan fingerprint density at radius 3 is 2.33 bits per heavy atom. The number of hydrogen-bond acceptors (Lipinski definition) is 13. The van der Waals surface area contributed by atoms with Gasteiger partial charge in [0.25, 0.3) is 0 Å². The number of fused-ring (bicyclic) bond motifs is 2. The fourth-order valence-electron chi connectivity index (χ4n) is 12.6. The van der Waals surface area contributed by atoms with E-state index in [1.807, 2.05) is 25.2 Å². The molecule has 0 aromatic heterocycles. The second-order valence-electron chi connectivity index (χ2n) is 20.1. The van der Waals surface area contributed by atoms with Crippen LogP contribution in [0.2, 0.25) is 0 Å². The molecule has 6 heterocycles. The fraction of sp³-hybridized carbons (Fsp3) is 0.760. The van der Waals surface area contributed by atoms with Gasteiger partial charge >= 0.3 is 5.97 Å². The lowest BCUT2D eigenvalue weighted by atomic mass is 9.71. The zero-order valence-electron chi connectivity index (χ0n) is 38.6. The Labute approximate surface area is 373 Å². The molecule has 0 aromatic rings. The predicted molar refractivity (Wildman–Crippen MR) is 235 cm³/mol. The summed E-state index contributed by atoms with van der Waals surface area (Å²) in [6, 6.07) is 0. The van der Waals surface area contributed by atoms with E-state index in [1.54, 1.807) is 27.2 Å². The third-order valence-corrected chi connectivity index (χ3v) is 16.0. The van der Waals surface area contributed by atoms with Crippen LogP contribution in [-0.2, 0) is 42.7 Å². The van der Waals surface area contributed by atoms with Gasteiger partial charge < -0.3 is 53.3 Å². The number of esters is 1. The second kappa shape index (κ2) is 19.2. The van der Waals surface area contributed by atoms with Gasteiger partial charge in [0.1, 0.15) is 35.5 Å². The van der Waals surface area contributed by atoms with E-state index in [9.17, 15) is 20.2 Å². The van der Waals surface area contributed by atoms with Crippen LogP contribution in [0.15, 0.2) is 64.4 Å². The smallest absolute Gasteiger partial charge is 0.316 e. The molecule has 13 heteroatoms. The first-order chi connectivity index (χ1) is 30.2. The van der Waals surface area contributed by atoms with Crippen molar-refractivity contribution in [3.05, 3.63) is 59.3 Å². The number of hydrogen-bond donors (Lipinski definition) is 3. The lowest BCUT2D eigenvalue weighted by Gasteiger charge is -2.49. The van der Waals surface area contributed by atoms with Crippen LogP contribution in [0.4, 0.5) is 0 Å². The van der Waals surface area contributed by atoms with Crippen LogP contribution in [0.5, 0.6) is 0 Å². The van der Waals surface area contributed by atoms with Crippen molar-refractivity contribution in [3.8, 4) is 0 Å². The Hall–Kier alpha value is -2.72. The second-order valence-corrected chi connectivity index (χ2v) is 20.1. The molecule has 63 heavy (non-hydrogen) atoms. The van der Waals surface area contributed by atoms with Crippen molar-refractivity contribution in [2.45, 2.75) is 184 Å². The molecule has 0 aromatic carbocycles. The number of allylic oxidation sites excluding steroid dienone is 3. The molecule has 1 saturated carbocycles. The highest BCUT2D eigenvalue weighted by molar-refractivity contribution is 6.06. The fourth-order valence-corrected chi connectivity index (χ4v) is 12.6. The standard InChI is InChI=1S/C50H73NO12/c1-27-13-12-16-34-26-58-47-44(51-55)30(4)21-37(50(34,47)54)48(53)61-36-22-35(62-49(25-36)20-19-29(3)46(63-49)33-14-10-9-11-15-33)18-17-28(2)42(27)39-23-38(56-7)43(31(5)59-39)40-24-41(57-8)45(52)32(6)60-40/h12-13,16-17,19-21,27,29,31-33,35-43,45-47,52,54-55H,9-11,14-15,18,22-26H2,1-8H3/b13-12+,28-17+,34-16+,51-44+/t27-,29-,31-,32-,35+,36-,37-,38-,39?,40+,41-,42-,43?,45-,46-,47+,49+,50+/m0/s1. The molecule has 0 amide bonds. The number of carbonyl (C=O) groups excluding carboxylic acids is 1. The molecule has 8 rings (SSSR count). The third kappa shape index (κ3) is 9.09. The van der Waals surface area contributed by atoms with E-state index in [-0.39, 0.29) is 84.8 Å². The van der Waals surface area contributed by atoms with Gasteiger partial charge in [0.05, 0.1) is 55.4 Å². The highest BCUT2D eigenvalue weighted by atomic mass is 16.7. The van der Waals surface area contributed by atoms with E-state index in [1.165, 1.54) is 19.3 Å². The summed E-state index contributed by atoms with van der Waals surface area (Å²) in [5, 5.41) is 37.1. The first kappa shape index (κ1) is 46.8. The van der Waals surface area contributed by atoms with Gasteiger partial charge in [-0.1, -0.05) is 80.3 Å². The minimum atomic E-state index is -1.85. The third-order valence-electron chi connectivity index (χ3n) is 16.0. The summed E-state index contributed by atoms with van der Waals surface area (Å²) in [6.45, 7) is 12.3. The maximum atomic E-state index is 14.5. The number of nitrogens with zero attached hydrogens (tertiary/aromatic N) is 1. The molecule has 3 N–H and O–H groups in total. The SMILES string of the molecule is CO[C@H]1CC([C@@H]2/C(C)=C/C[C@@H]3C[C@@H](C[C@]4(C=C[C@H](C)[C@@H](C5CCCCC5)O4)O3)OC(=O)[C@@H]3C=C(C)/C(=N\O)[C@H]4OC/C(=C\C=C\[C@@H]2C)[C@]43O)O[C@@H](C)C1[C@H]1C[C@H](OC)[C@@H](O)[C@H](C)O1. The summed E-state index contributed by atoms with van der Waals surface area (Å²) in [5.41, 5.74) is 0.521. The number of ether oxygens (including phenoxy) is 8. The molecule has 2 bridgehead atoms. The minimum absolute atomic E-state index is 0.0156. The maximum absolute atomic E-state index is 14.5. The van der Waals surface area contributed by atoms with Gasteiger partial charge in [-0.3, -0.25) is 4.79 Å². The Kier molecular flexibility index (Phi) is 14.3. The summed E-state index contributed by atoms with van der Waals surface area (Å²) in [4.78, 5) is 14.5. The molecule has 1 spiro atoms. The normalized spacial score (nSPS) is 49.3. The van der Waals surface area contributed by atoms with E-state index >= 15 is 0 Å². The number of carbonyl (C=O) groups is 1. The number of aliphatic hydroxyl groups excluding tert-OH is 1. The number of oxime groups is 1. The molecule has 18 atom stereocenters. The van der Waals surface area contributed by atoms with Crippen molar-refractivity contribution >= 4 is 11.7 Å². The summed E-state index contributed by atoms with van der Waals surface area (Å²) >= 11 is 0. The van der Waals surface area contributed by atoms with E-state index in [2.05, 4.69) is 51.1 Å². The zero-order valence-corrected chi connectivity index (χ0v) is 38.6. The first-order valence-electron chi connectivity index (χ1n) is 23.8. The van der Waals surface area contributed by atoms with Crippen LogP contribution in [0.25, 0.3) is 0 Å². The lowest BCUT2D eigenvalue weighted by Crippen LogP contribution is -2.57. The zero-order chi connectivity index (χ0) is 44.8.